The molecule has 0 fully saturated rings. The van der Waals surface area contributed by atoms with Gasteiger partial charge in [0, 0.05) is 36.3 Å². The number of hydrogen-bond acceptors (Lipinski definition) is 5. The van der Waals surface area contributed by atoms with E-state index in [1.54, 1.807) is 0 Å². The Morgan fingerprint density at radius 1 is 1.47 bits per heavy atom. The molecular weight excluding hydrogens is 242 g/mol. The number of nitrogen functional groups attached to an aromatic ring is 1. The number of nitrogens with zero attached hydrogens (tertiary/aromatic N) is 2. The Morgan fingerprint density at radius 3 is 3.05 bits per heavy atom. The molecule has 0 atom stereocenters. The minimum absolute atomic E-state index is 0.286. The summed E-state index contributed by atoms with van der Waals surface area (Å²) in [5.74, 6) is 0.885. The van der Waals surface area contributed by atoms with Crippen LogP contribution in [0.4, 0.5) is 5.69 Å². The van der Waals surface area contributed by atoms with Crippen molar-refractivity contribution in [3.05, 3.63) is 23.3 Å². The van der Waals surface area contributed by atoms with Gasteiger partial charge in [0.15, 0.2) is 6.79 Å². The highest BCUT2D eigenvalue weighted by atomic mass is 16.7. The van der Waals surface area contributed by atoms with E-state index in [4.69, 9.17) is 20.5 Å². The number of ether oxygens (including phenoxy) is 2. The molecule has 0 aliphatic carbocycles. The number of nitrogens with two attached hydrogens (primary N) is 1. The molecule has 2 rings (SSSR count). The van der Waals surface area contributed by atoms with E-state index in [0.29, 0.717) is 13.0 Å². The van der Waals surface area contributed by atoms with Crippen molar-refractivity contribution in [2.24, 2.45) is 0 Å². The first-order valence-electron chi connectivity index (χ1n) is 6.45. The minimum atomic E-state index is 0.286. The van der Waals surface area contributed by atoms with E-state index in [2.05, 4.69) is 17.9 Å². The molecule has 102 valence electrons. The quantitative estimate of drug-likeness (QED) is 0.819. The van der Waals surface area contributed by atoms with Gasteiger partial charge in [-0.15, -0.1) is 0 Å². The lowest BCUT2D eigenvalue weighted by molar-refractivity contribution is -0.0174. The maximum absolute atomic E-state index is 8.68. The van der Waals surface area contributed by atoms with Crippen molar-refractivity contribution in [3.63, 3.8) is 0 Å². The summed E-state index contributed by atoms with van der Waals surface area (Å²) in [5, 5.41) is 8.68. The zero-order valence-corrected chi connectivity index (χ0v) is 11.2. The maximum atomic E-state index is 8.68. The number of nitriles is 1. The zero-order chi connectivity index (χ0) is 13.7. The van der Waals surface area contributed by atoms with Crippen LogP contribution in [0.15, 0.2) is 12.1 Å². The smallest absolute Gasteiger partial charge is 0.189 e. The monoisotopic (exact) mass is 261 g/mol. The van der Waals surface area contributed by atoms with Gasteiger partial charge in [0.05, 0.1) is 12.7 Å². The summed E-state index contributed by atoms with van der Waals surface area (Å²) in [7, 11) is 0. The van der Waals surface area contributed by atoms with Gasteiger partial charge in [0.2, 0.25) is 0 Å². The third-order valence-electron chi connectivity index (χ3n) is 3.19. The van der Waals surface area contributed by atoms with Gasteiger partial charge in [-0.05, 0) is 18.7 Å². The fraction of sp³-hybridized carbons (Fsp3) is 0.500. The molecule has 0 spiro atoms. The number of anilines is 1. The van der Waals surface area contributed by atoms with Crippen LogP contribution in [0, 0.1) is 11.3 Å². The Morgan fingerprint density at radius 2 is 2.32 bits per heavy atom. The lowest BCUT2D eigenvalue weighted by Crippen LogP contribution is -2.25. The molecule has 5 heteroatoms. The van der Waals surface area contributed by atoms with Crippen LogP contribution >= 0.6 is 0 Å². The van der Waals surface area contributed by atoms with Gasteiger partial charge in [0.25, 0.3) is 0 Å². The Labute approximate surface area is 113 Å². The van der Waals surface area contributed by atoms with Crippen LogP contribution < -0.4 is 10.5 Å². The number of rotatable bonds is 5. The fourth-order valence-electron chi connectivity index (χ4n) is 2.24. The van der Waals surface area contributed by atoms with Crippen molar-refractivity contribution >= 4 is 5.69 Å². The Kier molecular flexibility index (Phi) is 4.61. The van der Waals surface area contributed by atoms with E-state index >= 15 is 0 Å². The van der Waals surface area contributed by atoms with Crippen LogP contribution in [0.5, 0.6) is 5.75 Å². The summed E-state index contributed by atoms with van der Waals surface area (Å²) in [6.07, 6.45) is 0.530. The summed E-state index contributed by atoms with van der Waals surface area (Å²) >= 11 is 0. The van der Waals surface area contributed by atoms with E-state index in [1.165, 1.54) is 0 Å². The van der Waals surface area contributed by atoms with Gasteiger partial charge >= 0.3 is 0 Å². The van der Waals surface area contributed by atoms with Gasteiger partial charge in [-0.2, -0.15) is 5.26 Å². The normalized spacial score (nSPS) is 13.7. The van der Waals surface area contributed by atoms with Crippen LogP contribution in [-0.4, -0.2) is 24.8 Å². The lowest BCUT2D eigenvalue weighted by atomic mass is 10.1. The zero-order valence-electron chi connectivity index (χ0n) is 11.2. The number of fused-ring (bicyclic) bond motifs is 1. The summed E-state index contributed by atoms with van der Waals surface area (Å²) < 4.78 is 10.9. The van der Waals surface area contributed by atoms with Gasteiger partial charge < -0.3 is 15.2 Å². The molecule has 0 aromatic heterocycles. The average Bonchev–Trinajstić information content (AvgIpc) is 2.43. The topological polar surface area (TPSA) is 71.5 Å². The Bertz CT molecular complexity index is 482. The first-order valence-corrected chi connectivity index (χ1v) is 6.45. The molecule has 0 saturated heterocycles. The second-order valence-corrected chi connectivity index (χ2v) is 4.56. The van der Waals surface area contributed by atoms with Crippen molar-refractivity contribution in [2.45, 2.75) is 26.5 Å². The summed E-state index contributed by atoms with van der Waals surface area (Å²) in [4.78, 5) is 2.21. The molecule has 1 aromatic carbocycles. The van der Waals surface area contributed by atoms with E-state index in [1.807, 2.05) is 12.1 Å². The first kappa shape index (κ1) is 13.7. The molecule has 1 aromatic rings. The highest BCUT2D eigenvalue weighted by molar-refractivity contribution is 5.53. The molecule has 0 amide bonds. The minimum Gasteiger partial charge on any atom is -0.467 e. The highest BCUT2D eigenvalue weighted by Gasteiger charge is 2.17. The van der Waals surface area contributed by atoms with Crippen molar-refractivity contribution in [1.82, 2.24) is 4.90 Å². The third kappa shape index (κ3) is 3.37. The van der Waals surface area contributed by atoms with Crippen molar-refractivity contribution in [2.75, 3.05) is 25.6 Å². The lowest BCUT2D eigenvalue weighted by Gasteiger charge is -2.25. The van der Waals surface area contributed by atoms with Crippen molar-refractivity contribution in [3.8, 4) is 11.8 Å². The molecule has 0 unspecified atom stereocenters. The Hall–Kier alpha value is -1.77. The average molecular weight is 261 g/mol. The van der Waals surface area contributed by atoms with E-state index in [-0.39, 0.29) is 6.79 Å². The van der Waals surface area contributed by atoms with E-state index < -0.39 is 0 Å². The fourth-order valence-corrected chi connectivity index (χ4v) is 2.24. The molecule has 0 radical (unpaired) electrons. The van der Waals surface area contributed by atoms with Crippen LogP contribution in [-0.2, 0) is 17.9 Å². The second-order valence-electron chi connectivity index (χ2n) is 4.56. The van der Waals surface area contributed by atoms with Gasteiger partial charge in [-0.25, -0.2) is 0 Å². The van der Waals surface area contributed by atoms with Gasteiger partial charge in [0.1, 0.15) is 5.75 Å². The molecule has 5 nitrogen and oxygen atoms in total. The molecular formula is C14H19N3O2. The molecule has 0 saturated carbocycles. The molecule has 1 aliphatic rings. The molecule has 1 aliphatic heterocycles. The largest absolute Gasteiger partial charge is 0.467 e. The van der Waals surface area contributed by atoms with Crippen LogP contribution in [0.25, 0.3) is 0 Å². The SMILES string of the molecule is CCN(CCC#N)Cc1cc(N)cc2c1OCOC2. The predicted octanol–water partition coefficient (Wildman–Crippen LogP) is 1.87. The highest BCUT2D eigenvalue weighted by Crippen LogP contribution is 2.31. The molecule has 0 bridgehead atoms. The van der Waals surface area contributed by atoms with Crippen molar-refractivity contribution in [1.29, 1.82) is 5.26 Å². The maximum Gasteiger partial charge on any atom is 0.189 e. The predicted molar refractivity (Wildman–Crippen MR) is 72.3 cm³/mol. The van der Waals surface area contributed by atoms with Crippen molar-refractivity contribution < 1.29 is 9.47 Å². The van der Waals surface area contributed by atoms with Crippen LogP contribution in [0.1, 0.15) is 24.5 Å². The summed E-state index contributed by atoms with van der Waals surface area (Å²) in [6.45, 7) is 5.30. The van der Waals surface area contributed by atoms with E-state index in [0.717, 1.165) is 42.2 Å². The summed E-state index contributed by atoms with van der Waals surface area (Å²) in [5.41, 5.74) is 8.70. The Balaban J connectivity index is 2.19. The first-order chi connectivity index (χ1) is 9.24. The molecule has 1 heterocycles. The van der Waals surface area contributed by atoms with Crippen LogP contribution in [0.2, 0.25) is 0 Å². The molecule has 19 heavy (non-hydrogen) atoms. The third-order valence-corrected chi connectivity index (χ3v) is 3.19. The van der Waals surface area contributed by atoms with Gasteiger partial charge in [-0.1, -0.05) is 6.92 Å². The number of hydrogen-bond donors (Lipinski definition) is 1. The molecule has 2 N–H and O–H groups in total. The standard InChI is InChI=1S/C14H19N3O2/c1-2-17(5-3-4-15)8-11-6-13(16)7-12-9-18-10-19-14(11)12/h6-7H,2-3,5,8-10,16H2,1H3. The van der Waals surface area contributed by atoms with Gasteiger partial charge in [-0.3, -0.25) is 4.90 Å². The second kappa shape index (κ2) is 6.41. The van der Waals surface area contributed by atoms with Crippen LogP contribution in [0.3, 0.4) is 0 Å². The summed E-state index contributed by atoms with van der Waals surface area (Å²) in [6, 6.07) is 6.01. The van der Waals surface area contributed by atoms with E-state index in [9.17, 15) is 0 Å². The number of benzene rings is 1.